The normalized spacial score (nSPS) is 27.0. The maximum Gasteiger partial charge on any atom is 0.0589 e. The molecule has 0 saturated carbocycles. The van der Waals surface area contributed by atoms with Crippen LogP contribution in [0.3, 0.4) is 0 Å². The van der Waals surface area contributed by atoms with Crippen molar-refractivity contribution in [1.82, 2.24) is 5.32 Å². The Balaban J connectivity index is 2.16. The van der Waals surface area contributed by atoms with Gasteiger partial charge in [-0.05, 0) is 37.6 Å². The Labute approximate surface area is 101 Å². The highest BCUT2D eigenvalue weighted by molar-refractivity contribution is 4.77. The minimum absolute atomic E-state index is 0.445. The van der Waals surface area contributed by atoms with Crippen LogP contribution < -0.4 is 5.32 Å². The summed E-state index contributed by atoms with van der Waals surface area (Å²) in [5.41, 5.74) is 0.445. The van der Waals surface area contributed by atoms with Crippen LogP contribution in [0.15, 0.2) is 0 Å². The van der Waals surface area contributed by atoms with Crippen LogP contribution in [0.1, 0.15) is 59.8 Å². The molecule has 0 aliphatic carbocycles. The molecule has 1 rings (SSSR count). The van der Waals surface area contributed by atoms with E-state index >= 15 is 0 Å². The van der Waals surface area contributed by atoms with Gasteiger partial charge in [0.2, 0.25) is 0 Å². The average Bonchev–Trinajstić information content (AvgIpc) is 2.17. The molecule has 0 aromatic heterocycles. The summed E-state index contributed by atoms with van der Waals surface area (Å²) in [4.78, 5) is 0. The molecule has 1 aliphatic rings. The summed E-state index contributed by atoms with van der Waals surface area (Å²) in [6.07, 6.45) is 6.60. The fourth-order valence-electron chi connectivity index (χ4n) is 2.24. The number of hydrogen-bond donors (Lipinski definition) is 1. The van der Waals surface area contributed by atoms with E-state index in [2.05, 4.69) is 33.0 Å². The van der Waals surface area contributed by atoms with Gasteiger partial charge in [-0.3, -0.25) is 0 Å². The quantitative estimate of drug-likeness (QED) is 0.777. The maximum atomic E-state index is 5.76. The molecule has 1 fully saturated rings. The molecule has 1 N–H and O–H groups in total. The van der Waals surface area contributed by atoms with Gasteiger partial charge < -0.3 is 10.1 Å². The topological polar surface area (TPSA) is 21.3 Å². The van der Waals surface area contributed by atoms with Crippen molar-refractivity contribution in [3.8, 4) is 0 Å². The molecular weight excluding hydrogens is 198 g/mol. The molecular formula is C14H29NO. The average molecular weight is 227 g/mol. The van der Waals surface area contributed by atoms with Gasteiger partial charge in [0.05, 0.1) is 6.10 Å². The molecule has 0 spiro atoms. The lowest BCUT2D eigenvalue weighted by Gasteiger charge is -2.31. The smallest absolute Gasteiger partial charge is 0.0589 e. The van der Waals surface area contributed by atoms with Crippen LogP contribution in [-0.4, -0.2) is 25.3 Å². The number of ether oxygens (including phenoxy) is 1. The van der Waals surface area contributed by atoms with E-state index in [1.165, 1.54) is 32.1 Å². The lowest BCUT2D eigenvalue weighted by Crippen LogP contribution is -2.40. The lowest BCUT2D eigenvalue weighted by atomic mass is 9.92. The van der Waals surface area contributed by atoms with Crippen molar-refractivity contribution in [2.24, 2.45) is 5.41 Å². The summed E-state index contributed by atoms with van der Waals surface area (Å²) in [6.45, 7) is 11.2. The minimum Gasteiger partial charge on any atom is -0.378 e. The Kier molecular flexibility index (Phi) is 5.77. The minimum atomic E-state index is 0.445. The number of hydrogen-bond acceptors (Lipinski definition) is 2. The van der Waals surface area contributed by atoms with Crippen molar-refractivity contribution in [2.75, 3.05) is 13.2 Å². The first-order valence-corrected chi connectivity index (χ1v) is 6.86. The van der Waals surface area contributed by atoms with E-state index in [0.717, 1.165) is 13.2 Å². The van der Waals surface area contributed by atoms with Crippen LogP contribution in [0, 0.1) is 5.41 Å². The van der Waals surface area contributed by atoms with Crippen LogP contribution in [0.25, 0.3) is 0 Å². The number of rotatable bonds is 5. The fourth-order valence-corrected chi connectivity index (χ4v) is 2.24. The summed E-state index contributed by atoms with van der Waals surface area (Å²) in [5, 5.41) is 3.69. The molecule has 2 unspecified atom stereocenters. The summed E-state index contributed by atoms with van der Waals surface area (Å²) in [5.74, 6) is 0. The summed E-state index contributed by atoms with van der Waals surface area (Å²) < 4.78 is 5.76. The molecule has 0 aromatic carbocycles. The van der Waals surface area contributed by atoms with Crippen molar-refractivity contribution in [2.45, 2.75) is 71.9 Å². The third-order valence-corrected chi connectivity index (χ3v) is 3.29. The second-order valence-corrected chi connectivity index (χ2v) is 6.27. The fraction of sp³-hybridized carbons (Fsp3) is 1.00. The third-order valence-electron chi connectivity index (χ3n) is 3.29. The van der Waals surface area contributed by atoms with Crippen molar-refractivity contribution in [1.29, 1.82) is 0 Å². The second kappa shape index (κ2) is 6.61. The molecule has 1 saturated heterocycles. The lowest BCUT2D eigenvalue weighted by molar-refractivity contribution is -0.00339. The Morgan fingerprint density at radius 1 is 1.31 bits per heavy atom. The Hall–Kier alpha value is -0.0800. The first kappa shape index (κ1) is 14.0. The predicted octanol–water partition coefficient (Wildman–Crippen LogP) is 3.36. The van der Waals surface area contributed by atoms with Crippen LogP contribution in [0.4, 0.5) is 0 Å². The molecule has 16 heavy (non-hydrogen) atoms. The molecule has 0 bridgehead atoms. The van der Waals surface area contributed by atoms with Crippen LogP contribution in [0.5, 0.6) is 0 Å². The Morgan fingerprint density at radius 2 is 2.06 bits per heavy atom. The molecule has 1 heterocycles. The predicted molar refractivity (Wildman–Crippen MR) is 69.7 cm³/mol. The van der Waals surface area contributed by atoms with Gasteiger partial charge in [0.1, 0.15) is 0 Å². The SMILES string of the molecule is CCCC1CC(NCCC(C)(C)C)CCO1. The number of nitrogens with one attached hydrogen (secondary N) is 1. The third kappa shape index (κ3) is 5.86. The second-order valence-electron chi connectivity index (χ2n) is 6.27. The zero-order chi connectivity index (χ0) is 12.0. The van der Waals surface area contributed by atoms with E-state index in [1.807, 2.05) is 0 Å². The monoisotopic (exact) mass is 227 g/mol. The summed E-state index contributed by atoms with van der Waals surface area (Å²) in [7, 11) is 0. The maximum absolute atomic E-state index is 5.76. The molecule has 1 aliphatic heterocycles. The van der Waals surface area contributed by atoms with Crippen LogP contribution in [-0.2, 0) is 4.74 Å². The zero-order valence-corrected chi connectivity index (χ0v) is 11.5. The van der Waals surface area contributed by atoms with Gasteiger partial charge in [0, 0.05) is 12.6 Å². The molecule has 2 atom stereocenters. The van der Waals surface area contributed by atoms with E-state index in [1.54, 1.807) is 0 Å². The Bertz CT molecular complexity index is 184. The van der Waals surface area contributed by atoms with Gasteiger partial charge in [0.15, 0.2) is 0 Å². The van der Waals surface area contributed by atoms with E-state index in [-0.39, 0.29) is 0 Å². The first-order valence-electron chi connectivity index (χ1n) is 6.86. The van der Waals surface area contributed by atoms with Gasteiger partial charge in [-0.15, -0.1) is 0 Å². The van der Waals surface area contributed by atoms with Crippen LogP contribution >= 0.6 is 0 Å². The van der Waals surface area contributed by atoms with Gasteiger partial charge in [-0.1, -0.05) is 34.1 Å². The van der Waals surface area contributed by atoms with Gasteiger partial charge in [0.25, 0.3) is 0 Å². The molecule has 0 amide bonds. The highest BCUT2D eigenvalue weighted by Gasteiger charge is 2.21. The van der Waals surface area contributed by atoms with Crippen LogP contribution in [0.2, 0.25) is 0 Å². The highest BCUT2D eigenvalue weighted by Crippen LogP contribution is 2.20. The molecule has 96 valence electrons. The molecule has 0 radical (unpaired) electrons. The molecule has 2 heteroatoms. The van der Waals surface area contributed by atoms with E-state index in [4.69, 9.17) is 4.74 Å². The first-order chi connectivity index (χ1) is 7.51. The van der Waals surface area contributed by atoms with Gasteiger partial charge in [-0.25, -0.2) is 0 Å². The van der Waals surface area contributed by atoms with Crippen molar-refractivity contribution >= 4 is 0 Å². The van der Waals surface area contributed by atoms with Gasteiger partial charge >= 0.3 is 0 Å². The van der Waals surface area contributed by atoms with Crippen molar-refractivity contribution in [3.63, 3.8) is 0 Å². The van der Waals surface area contributed by atoms with Gasteiger partial charge in [-0.2, -0.15) is 0 Å². The highest BCUT2D eigenvalue weighted by atomic mass is 16.5. The standard InChI is InChI=1S/C14H29NO/c1-5-6-13-11-12(7-10-16-13)15-9-8-14(2,3)4/h12-13,15H,5-11H2,1-4H3. The van der Waals surface area contributed by atoms with Crippen molar-refractivity contribution in [3.05, 3.63) is 0 Å². The summed E-state index contributed by atoms with van der Waals surface area (Å²) >= 11 is 0. The van der Waals surface area contributed by atoms with E-state index in [9.17, 15) is 0 Å². The van der Waals surface area contributed by atoms with E-state index in [0.29, 0.717) is 17.6 Å². The summed E-state index contributed by atoms with van der Waals surface area (Å²) in [6, 6.07) is 0.688. The van der Waals surface area contributed by atoms with Crippen molar-refractivity contribution < 1.29 is 4.74 Å². The zero-order valence-electron chi connectivity index (χ0n) is 11.5. The molecule has 2 nitrogen and oxygen atoms in total. The Morgan fingerprint density at radius 3 is 2.69 bits per heavy atom. The molecule has 0 aromatic rings. The largest absolute Gasteiger partial charge is 0.378 e. The van der Waals surface area contributed by atoms with E-state index < -0.39 is 0 Å².